The van der Waals surface area contributed by atoms with Gasteiger partial charge in [0.15, 0.2) is 0 Å². The summed E-state index contributed by atoms with van der Waals surface area (Å²) in [4.78, 5) is 27.1. The first kappa shape index (κ1) is 24.0. The van der Waals surface area contributed by atoms with E-state index in [0.29, 0.717) is 17.8 Å². The van der Waals surface area contributed by atoms with Crippen LogP contribution in [0.15, 0.2) is 71.3 Å². The third-order valence-corrected chi connectivity index (χ3v) is 5.72. The Morgan fingerprint density at radius 2 is 1.64 bits per heavy atom. The molecule has 1 heterocycles. The van der Waals surface area contributed by atoms with Gasteiger partial charge in [0.2, 0.25) is 0 Å². The molecule has 0 aliphatic carbocycles. The summed E-state index contributed by atoms with van der Waals surface area (Å²) in [5.41, 5.74) is 2.39. The second-order valence-corrected chi connectivity index (χ2v) is 8.18. The number of ether oxygens (including phenoxy) is 1. The first-order valence-electron chi connectivity index (χ1n) is 11.5. The first-order chi connectivity index (χ1) is 16.0. The Bertz CT molecular complexity index is 1080. The maximum Gasteiger partial charge on any atom is 0.271 e. The van der Waals surface area contributed by atoms with Crippen molar-refractivity contribution in [1.29, 1.82) is 5.26 Å². The van der Waals surface area contributed by atoms with Gasteiger partial charge in [-0.1, -0.05) is 75.1 Å². The van der Waals surface area contributed by atoms with Gasteiger partial charge >= 0.3 is 0 Å². The zero-order valence-corrected chi connectivity index (χ0v) is 19.3. The van der Waals surface area contributed by atoms with Crippen LogP contribution < -0.4 is 4.74 Å². The number of amides is 2. The molecule has 0 radical (unpaired) electrons. The van der Waals surface area contributed by atoms with Crippen LogP contribution in [0.5, 0.6) is 5.75 Å². The summed E-state index contributed by atoms with van der Waals surface area (Å²) in [6.45, 7) is 4.66. The van der Waals surface area contributed by atoms with Crippen LogP contribution in [0, 0.1) is 11.3 Å². The van der Waals surface area contributed by atoms with E-state index in [1.54, 1.807) is 13.0 Å². The molecule has 0 spiro atoms. The molecule has 0 unspecified atom stereocenters. The number of nitriles is 1. The molecule has 3 rings (SSSR count). The van der Waals surface area contributed by atoms with Crippen molar-refractivity contribution >= 4 is 17.9 Å². The summed E-state index contributed by atoms with van der Waals surface area (Å²) in [6.07, 6.45) is 7.66. The highest BCUT2D eigenvalue weighted by Crippen LogP contribution is 2.28. The second-order valence-electron chi connectivity index (χ2n) is 8.18. The standard InChI is InChI=1S/C28H30N2O3/c1-3-4-5-6-10-17-33-24-15-13-22(14-16-24)18-25-21(2)26(19-29)28(32)30(27(25)31)20-23-11-8-7-9-12-23/h7-9,11-16,18H,3-6,10,17,20H2,1-2H3/b25-18+. The van der Waals surface area contributed by atoms with Gasteiger partial charge in [0.25, 0.3) is 11.8 Å². The van der Waals surface area contributed by atoms with Crippen LogP contribution in [-0.4, -0.2) is 23.3 Å². The van der Waals surface area contributed by atoms with Crippen molar-refractivity contribution in [2.24, 2.45) is 0 Å². The summed E-state index contributed by atoms with van der Waals surface area (Å²) >= 11 is 0. The Kier molecular flexibility index (Phi) is 8.60. The molecule has 0 saturated heterocycles. The molecule has 0 aromatic heterocycles. The van der Waals surface area contributed by atoms with Gasteiger partial charge in [-0.25, -0.2) is 0 Å². The van der Waals surface area contributed by atoms with Crippen molar-refractivity contribution in [3.05, 3.63) is 82.4 Å². The number of hydrogen-bond donors (Lipinski definition) is 0. The van der Waals surface area contributed by atoms with Gasteiger partial charge in [-0.2, -0.15) is 5.26 Å². The number of carbonyl (C=O) groups excluding carboxylic acids is 2. The molecule has 1 aliphatic rings. The van der Waals surface area contributed by atoms with E-state index in [2.05, 4.69) is 6.92 Å². The van der Waals surface area contributed by atoms with E-state index in [0.717, 1.165) is 28.2 Å². The van der Waals surface area contributed by atoms with Gasteiger partial charge in [0, 0.05) is 5.57 Å². The van der Waals surface area contributed by atoms with Crippen molar-refractivity contribution in [1.82, 2.24) is 4.90 Å². The topological polar surface area (TPSA) is 70.4 Å². The average molecular weight is 443 g/mol. The summed E-state index contributed by atoms with van der Waals surface area (Å²) < 4.78 is 5.81. The smallest absolute Gasteiger partial charge is 0.271 e. The van der Waals surface area contributed by atoms with Crippen LogP contribution in [0.4, 0.5) is 0 Å². The van der Waals surface area contributed by atoms with Crippen LogP contribution in [0.2, 0.25) is 0 Å². The largest absolute Gasteiger partial charge is 0.494 e. The minimum atomic E-state index is -0.552. The summed E-state index contributed by atoms with van der Waals surface area (Å²) in [7, 11) is 0. The van der Waals surface area contributed by atoms with Gasteiger partial charge in [0.1, 0.15) is 17.4 Å². The molecule has 0 saturated carbocycles. The average Bonchev–Trinajstić information content (AvgIpc) is 2.83. The fraction of sp³-hybridized carbons (Fsp3) is 0.321. The number of hydrogen-bond acceptors (Lipinski definition) is 4. The molecule has 170 valence electrons. The van der Waals surface area contributed by atoms with E-state index >= 15 is 0 Å². The third kappa shape index (κ3) is 6.20. The lowest BCUT2D eigenvalue weighted by molar-refractivity contribution is -0.141. The van der Waals surface area contributed by atoms with Gasteiger partial charge in [0.05, 0.1) is 13.2 Å². The summed E-state index contributed by atoms with van der Waals surface area (Å²) in [5.74, 6) is -0.162. The molecule has 1 aliphatic heterocycles. The van der Waals surface area contributed by atoms with Crippen LogP contribution in [0.1, 0.15) is 57.1 Å². The SMILES string of the molecule is CCCCCCCOc1ccc(/C=C2/C(=O)N(Cc3ccccc3)C(=O)C(C#N)=C2C)cc1. The normalized spacial score (nSPS) is 15.2. The zero-order valence-electron chi connectivity index (χ0n) is 19.3. The monoisotopic (exact) mass is 442 g/mol. The van der Waals surface area contributed by atoms with Crippen molar-refractivity contribution in [2.45, 2.75) is 52.5 Å². The van der Waals surface area contributed by atoms with Gasteiger partial charge in [-0.3, -0.25) is 14.5 Å². The Morgan fingerprint density at radius 3 is 2.30 bits per heavy atom. The van der Waals surface area contributed by atoms with E-state index in [4.69, 9.17) is 4.74 Å². The molecular weight excluding hydrogens is 412 g/mol. The Morgan fingerprint density at radius 1 is 0.939 bits per heavy atom. The van der Waals surface area contributed by atoms with Crippen LogP contribution in [-0.2, 0) is 16.1 Å². The summed E-state index contributed by atoms with van der Waals surface area (Å²) in [5, 5.41) is 9.56. The van der Waals surface area contributed by atoms with Gasteiger partial charge in [-0.15, -0.1) is 0 Å². The minimum Gasteiger partial charge on any atom is -0.494 e. The molecule has 33 heavy (non-hydrogen) atoms. The lowest BCUT2D eigenvalue weighted by Crippen LogP contribution is -2.42. The molecule has 0 bridgehead atoms. The second kappa shape index (κ2) is 11.8. The van der Waals surface area contributed by atoms with E-state index in [1.165, 1.54) is 25.7 Å². The van der Waals surface area contributed by atoms with E-state index in [1.807, 2.05) is 60.7 Å². The van der Waals surface area contributed by atoms with E-state index in [-0.39, 0.29) is 12.1 Å². The van der Waals surface area contributed by atoms with Crippen molar-refractivity contribution < 1.29 is 14.3 Å². The highest BCUT2D eigenvalue weighted by atomic mass is 16.5. The minimum absolute atomic E-state index is 0.000178. The number of rotatable bonds is 10. The van der Waals surface area contributed by atoms with E-state index in [9.17, 15) is 14.9 Å². The number of carbonyl (C=O) groups is 2. The molecule has 0 atom stereocenters. The first-order valence-corrected chi connectivity index (χ1v) is 11.5. The predicted molar refractivity (Wildman–Crippen MR) is 129 cm³/mol. The number of nitrogens with zero attached hydrogens (tertiary/aromatic N) is 2. The highest BCUT2D eigenvalue weighted by Gasteiger charge is 2.35. The fourth-order valence-electron chi connectivity index (χ4n) is 3.76. The molecule has 5 nitrogen and oxygen atoms in total. The van der Waals surface area contributed by atoms with Crippen LogP contribution >= 0.6 is 0 Å². The number of unbranched alkanes of at least 4 members (excludes halogenated alkanes) is 4. The highest BCUT2D eigenvalue weighted by molar-refractivity contribution is 6.19. The molecule has 2 aromatic rings. The van der Waals surface area contributed by atoms with E-state index < -0.39 is 11.8 Å². The zero-order chi connectivity index (χ0) is 23.6. The Hall–Kier alpha value is -3.65. The van der Waals surface area contributed by atoms with Crippen molar-refractivity contribution in [3.8, 4) is 11.8 Å². The lowest BCUT2D eigenvalue weighted by Gasteiger charge is -2.27. The molecule has 2 aromatic carbocycles. The predicted octanol–water partition coefficient (Wildman–Crippen LogP) is 5.83. The van der Waals surface area contributed by atoms with Crippen LogP contribution in [0.25, 0.3) is 6.08 Å². The molecular formula is C28H30N2O3. The quantitative estimate of drug-likeness (QED) is 0.264. The molecule has 0 N–H and O–H groups in total. The van der Waals surface area contributed by atoms with Gasteiger partial charge in [-0.05, 0) is 48.3 Å². The third-order valence-electron chi connectivity index (χ3n) is 5.72. The Labute approximate surface area is 196 Å². The molecule has 0 fully saturated rings. The summed E-state index contributed by atoms with van der Waals surface area (Å²) in [6, 6.07) is 18.8. The maximum atomic E-state index is 13.2. The van der Waals surface area contributed by atoms with Crippen molar-refractivity contribution in [3.63, 3.8) is 0 Å². The Balaban J connectivity index is 1.75. The number of imide groups is 1. The molecule has 5 heteroatoms. The molecule has 2 amide bonds. The fourth-order valence-corrected chi connectivity index (χ4v) is 3.76. The maximum absolute atomic E-state index is 13.2. The van der Waals surface area contributed by atoms with Crippen LogP contribution in [0.3, 0.4) is 0 Å². The number of benzene rings is 2. The van der Waals surface area contributed by atoms with Crippen molar-refractivity contribution in [2.75, 3.05) is 6.61 Å². The lowest BCUT2D eigenvalue weighted by atomic mass is 9.93. The van der Waals surface area contributed by atoms with Gasteiger partial charge < -0.3 is 4.74 Å².